The van der Waals surface area contributed by atoms with Gasteiger partial charge in [-0.15, -0.1) is 0 Å². The van der Waals surface area contributed by atoms with Gasteiger partial charge in [0, 0.05) is 16.6 Å². The molecule has 0 radical (unpaired) electrons. The van der Waals surface area contributed by atoms with Gasteiger partial charge in [-0.3, -0.25) is 0 Å². The first kappa shape index (κ1) is 18.1. The molecule has 21 heavy (non-hydrogen) atoms. The molecular weight excluding hydrogens is 362 g/mol. The number of halogens is 1. The van der Waals surface area contributed by atoms with Crippen LogP contribution in [0.4, 0.5) is 0 Å². The molecule has 0 saturated carbocycles. The van der Waals surface area contributed by atoms with E-state index in [1.54, 1.807) is 20.8 Å². The van der Waals surface area contributed by atoms with Crippen molar-refractivity contribution >= 4 is 31.9 Å². The third kappa shape index (κ3) is 4.50. The molecule has 0 unspecified atom stereocenters. The number of carboxylic acids is 1. The summed E-state index contributed by atoms with van der Waals surface area (Å²) in [6.45, 7) is 4.72. The fraction of sp³-hybridized carbons (Fsp3) is 0.462. The molecule has 0 aliphatic carbocycles. The van der Waals surface area contributed by atoms with E-state index in [0.29, 0.717) is 10.0 Å². The molecule has 0 aromatic heterocycles. The van der Waals surface area contributed by atoms with Gasteiger partial charge in [-0.05, 0) is 44.9 Å². The standard InChI is InChI=1S/C13H18BrNO5S/c1-8-10(14)6-9(12(17)18)7-11(8)21(19,20)15-13(2,3)4-5-16/h6-7,15-16H,4-5H2,1-3H3,(H,17,18). The third-order valence-corrected chi connectivity index (χ3v) is 5.63. The zero-order valence-electron chi connectivity index (χ0n) is 12.0. The van der Waals surface area contributed by atoms with Crippen molar-refractivity contribution in [2.45, 2.75) is 37.6 Å². The smallest absolute Gasteiger partial charge is 0.335 e. The van der Waals surface area contributed by atoms with E-state index >= 15 is 0 Å². The fourth-order valence-corrected chi connectivity index (χ4v) is 4.13. The molecule has 1 rings (SSSR count). The van der Waals surface area contributed by atoms with Gasteiger partial charge in [0.05, 0.1) is 10.5 Å². The quantitative estimate of drug-likeness (QED) is 0.699. The molecule has 0 aliphatic heterocycles. The van der Waals surface area contributed by atoms with Gasteiger partial charge in [0.1, 0.15) is 0 Å². The highest BCUT2D eigenvalue weighted by molar-refractivity contribution is 9.10. The second-order valence-corrected chi connectivity index (χ2v) is 7.85. The van der Waals surface area contributed by atoms with Crippen LogP contribution in [0.15, 0.2) is 21.5 Å². The molecule has 0 aliphatic rings. The summed E-state index contributed by atoms with van der Waals surface area (Å²) in [5.74, 6) is -1.21. The highest BCUT2D eigenvalue weighted by atomic mass is 79.9. The van der Waals surface area contributed by atoms with Gasteiger partial charge in [0.15, 0.2) is 0 Å². The van der Waals surface area contributed by atoms with Crippen molar-refractivity contribution < 1.29 is 23.4 Å². The molecule has 0 spiro atoms. The van der Waals surface area contributed by atoms with Crippen molar-refractivity contribution in [3.8, 4) is 0 Å². The molecule has 0 saturated heterocycles. The van der Waals surface area contributed by atoms with E-state index < -0.39 is 21.5 Å². The van der Waals surface area contributed by atoms with E-state index in [9.17, 15) is 13.2 Å². The van der Waals surface area contributed by atoms with Crippen molar-refractivity contribution in [1.29, 1.82) is 0 Å². The minimum atomic E-state index is -3.90. The lowest BCUT2D eigenvalue weighted by atomic mass is 10.0. The summed E-state index contributed by atoms with van der Waals surface area (Å²) in [6, 6.07) is 2.48. The van der Waals surface area contributed by atoms with Gasteiger partial charge in [0.25, 0.3) is 0 Å². The lowest BCUT2D eigenvalue weighted by molar-refractivity contribution is 0.0696. The molecule has 8 heteroatoms. The number of carbonyl (C=O) groups is 1. The molecule has 0 heterocycles. The number of rotatable bonds is 6. The number of hydrogen-bond donors (Lipinski definition) is 3. The van der Waals surface area contributed by atoms with Gasteiger partial charge in [-0.25, -0.2) is 17.9 Å². The van der Waals surface area contributed by atoms with Crippen LogP contribution in [-0.2, 0) is 10.0 Å². The van der Waals surface area contributed by atoms with Crippen LogP contribution in [0.5, 0.6) is 0 Å². The van der Waals surface area contributed by atoms with E-state index in [2.05, 4.69) is 20.7 Å². The SMILES string of the molecule is Cc1c(Br)cc(C(=O)O)cc1S(=O)(=O)NC(C)(C)CCO. The van der Waals surface area contributed by atoms with Crippen molar-refractivity contribution in [2.24, 2.45) is 0 Å². The number of aromatic carboxylic acids is 1. The Kier molecular flexibility index (Phi) is 5.54. The Labute approximate surface area is 132 Å². The maximum Gasteiger partial charge on any atom is 0.335 e. The zero-order valence-corrected chi connectivity index (χ0v) is 14.4. The average molecular weight is 380 g/mol. The zero-order chi connectivity index (χ0) is 16.4. The van der Waals surface area contributed by atoms with Crippen LogP contribution in [0.1, 0.15) is 36.2 Å². The van der Waals surface area contributed by atoms with E-state index in [-0.39, 0.29) is 23.5 Å². The Bertz CT molecular complexity index is 655. The largest absolute Gasteiger partial charge is 0.478 e. The first-order valence-electron chi connectivity index (χ1n) is 6.18. The molecule has 0 bridgehead atoms. The van der Waals surface area contributed by atoms with Crippen LogP contribution in [0.2, 0.25) is 0 Å². The average Bonchev–Trinajstić information content (AvgIpc) is 2.30. The summed E-state index contributed by atoms with van der Waals surface area (Å²) >= 11 is 3.17. The first-order chi connectivity index (χ1) is 9.50. The highest BCUT2D eigenvalue weighted by Crippen LogP contribution is 2.27. The molecule has 6 nitrogen and oxygen atoms in total. The number of sulfonamides is 1. The summed E-state index contributed by atoms with van der Waals surface area (Å²) in [5.41, 5.74) is -0.536. The normalized spacial score (nSPS) is 12.4. The lowest BCUT2D eigenvalue weighted by Crippen LogP contribution is -2.44. The Morgan fingerprint density at radius 1 is 1.38 bits per heavy atom. The summed E-state index contributed by atoms with van der Waals surface area (Å²) < 4.78 is 27.8. The summed E-state index contributed by atoms with van der Waals surface area (Å²) in [5, 5.41) is 18.0. The maximum atomic E-state index is 12.5. The molecule has 0 fully saturated rings. The number of aliphatic hydroxyl groups is 1. The van der Waals surface area contributed by atoms with Crippen molar-refractivity contribution in [1.82, 2.24) is 4.72 Å². The Morgan fingerprint density at radius 3 is 2.43 bits per heavy atom. The summed E-state index contributed by atoms with van der Waals surface area (Å²) in [7, 11) is -3.90. The van der Waals surface area contributed by atoms with Crippen molar-refractivity contribution in [3.63, 3.8) is 0 Å². The predicted molar refractivity (Wildman–Crippen MR) is 81.9 cm³/mol. The lowest BCUT2D eigenvalue weighted by Gasteiger charge is -2.25. The van der Waals surface area contributed by atoms with Crippen molar-refractivity contribution in [3.05, 3.63) is 27.7 Å². The van der Waals surface area contributed by atoms with Crippen LogP contribution in [0.25, 0.3) is 0 Å². The summed E-state index contributed by atoms with van der Waals surface area (Å²) in [6.07, 6.45) is 0.241. The fourth-order valence-electron chi connectivity index (χ4n) is 1.81. The molecule has 118 valence electrons. The van der Waals surface area contributed by atoms with Gasteiger partial charge < -0.3 is 10.2 Å². The number of aliphatic hydroxyl groups excluding tert-OH is 1. The third-order valence-electron chi connectivity index (χ3n) is 2.98. The number of carboxylic acid groups (broad SMARTS) is 1. The Hall–Kier alpha value is -0.960. The maximum absolute atomic E-state index is 12.5. The molecule has 0 atom stereocenters. The second kappa shape index (κ2) is 6.43. The number of hydrogen-bond acceptors (Lipinski definition) is 4. The molecule has 3 N–H and O–H groups in total. The molecule has 0 amide bonds. The van der Waals surface area contributed by atoms with Crippen LogP contribution in [-0.4, -0.2) is 36.7 Å². The van der Waals surface area contributed by atoms with Crippen LogP contribution in [0, 0.1) is 6.92 Å². The van der Waals surface area contributed by atoms with E-state index in [0.717, 1.165) is 6.07 Å². The van der Waals surface area contributed by atoms with Gasteiger partial charge in [0.2, 0.25) is 10.0 Å². The number of nitrogens with one attached hydrogen (secondary N) is 1. The molecular formula is C13H18BrNO5S. The van der Waals surface area contributed by atoms with Gasteiger partial charge in [-0.1, -0.05) is 15.9 Å². The first-order valence-corrected chi connectivity index (χ1v) is 8.46. The monoisotopic (exact) mass is 379 g/mol. The van der Waals surface area contributed by atoms with Crippen LogP contribution in [0.3, 0.4) is 0 Å². The second-order valence-electron chi connectivity index (χ2n) is 5.35. The predicted octanol–water partition coefficient (Wildman–Crippen LogP) is 1.90. The molecule has 1 aromatic rings. The van der Waals surface area contributed by atoms with Crippen LogP contribution >= 0.6 is 15.9 Å². The van der Waals surface area contributed by atoms with Gasteiger partial charge in [-0.2, -0.15) is 0 Å². The highest BCUT2D eigenvalue weighted by Gasteiger charge is 2.28. The number of benzene rings is 1. The minimum Gasteiger partial charge on any atom is -0.478 e. The van der Waals surface area contributed by atoms with E-state index in [1.807, 2.05) is 0 Å². The minimum absolute atomic E-state index is 0.0970. The Balaban J connectivity index is 3.35. The van der Waals surface area contributed by atoms with E-state index in [1.165, 1.54) is 6.07 Å². The summed E-state index contributed by atoms with van der Waals surface area (Å²) in [4.78, 5) is 11.0. The Morgan fingerprint density at radius 2 is 1.95 bits per heavy atom. The van der Waals surface area contributed by atoms with Gasteiger partial charge >= 0.3 is 5.97 Å². The van der Waals surface area contributed by atoms with Crippen LogP contribution < -0.4 is 4.72 Å². The molecule has 1 aromatic carbocycles. The van der Waals surface area contributed by atoms with Crippen molar-refractivity contribution in [2.75, 3.05) is 6.61 Å². The topological polar surface area (TPSA) is 104 Å². The van der Waals surface area contributed by atoms with E-state index in [4.69, 9.17) is 10.2 Å².